The largest absolute Gasteiger partial charge is 0.478 e. The molecule has 0 amide bonds. The maximum Gasteiger partial charge on any atom is 0.335 e. The van der Waals surface area contributed by atoms with Crippen molar-refractivity contribution in [3.8, 4) is 0 Å². The molecule has 1 aromatic rings. The number of carboxylic acid groups (broad SMARTS) is 1. The van der Waals surface area contributed by atoms with Gasteiger partial charge < -0.3 is 5.11 Å². The predicted octanol–water partition coefficient (Wildman–Crippen LogP) is 2.24. The molecule has 0 atom stereocenters. The van der Waals surface area contributed by atoms with Gasteiger partial charge in [-0.25, -0.2) is 4.79 Å². The summed E-state index contributed by atoms with van der Waals surface area (Å²) in [5, 5.41) is 8.77. The Morgan fingerprint density at radius 1 is 1.38 bits per heavy atom. The van der Waals surface area contributed by atoms with Gasteiger partial charge in [-0.3, -0.25) is 4.79 Å². The van der Waals surface area contributed by atoms with Crippen molar-refractivity contribution in [2.24, 2.45) is 0 Å². The predicted molar refractivity (Wildman–Crippen MR) is 48.4 cm³/mol. The first-order valence-corrected chi connectivity index (χ1v) is 3.94. The van der Waals surface area contributed by atoms with Gasteiger partial charge in [0.25, 0.3) is 0 Å². The topological polar surface area (TPSA) is 54.4 Å². The van der Waals surface area contributed by atoms with Gasteiger partial charge in [0.2, 0.25) is 0 Å². The van der Waals surface area contributed by atoms with E-state index in [1.165, 1.54) is 25.1 Å². The molecule has 0 spiro atoms. The van der Waals surface area contributed by atoms with Gasteiger partial charge in [0.15, 0.2) is 5.78 Å². The van der Waals surface area contributed by atoms with Crippen molar-refractivity contribution in [3.63, 3.8) is 0 Å². The van der Waals surface area contributed by atoms with Crippen LogP contribution >= 0.6 is 11.6 Å². The third-order valence-corrected chi connectivity index (χ3v) is 1.91. The fourth-order valence-electron chi connectivity index (χ4n) is 0.934. The zero-order valence-electron chi connectivity index (χ0n) is 6.87. The second-order valence-corrected chi connectivity index (χ2v) is 2.96. The van der Waals surface area contributed by atoms with Crippen LogP contribution in [0.4, 0.5) is 0 Å². The minimum atomic E-state index is -1.06. The minimum absolute atomic E-state index is 0.0787. The Labute approximate surface area is 79.9 Å². The van der Waals surface area contributed by atoms with Gasteiger partial charge >= 0.3 is 5.97 Å². The zero-order valence-corrected chi connectivity index (χ0v) is 7.63. The average Bonchev–Trinajstić information content (AvgIpc) is 2.03. The number of carbonyl (C=O) groups excluding carboxylic acids is 1. The van der Waals surface area contributed by atoms with E-state index in [0.29, 0.717) is 5.56 Å². The molecule has 0 unspecified atom stereocenters. The molecule has 0 radical (unpaired) electrons. The highest BCUT2D eigenvalue weighted by atomic mass is 35.5. The molecule has 3 nitrogen and oxygen atoms in total. The maximum atomic E-state index is 10.9. The Kier molecular flexibility index (Phi) is 2.68. The number of ketones is 1. The number of aromatic carboxylic acids is 1. The summed E-state index contributed by atoms with van der Waals surface area (Å²) >= 11 is 5.68. The third kappa shape index (κ3) is 2.06. The second kappa shape index (κ2) is 3.58. The number of halogens is 1. The SMILES string of the molecule is CC(=O)c1ccc(C(=O)O)cc1Cl. The van der Waals surface area contributed by atoms with Gasteiger partial charge in [0.05, 0.1) is 10.6 Å². The van der Waals surface area contributed by atoms with E-state index in [9.17, 15) is 9.59 Å². The van der Waals surface area contributed by atoms with Crippen LogP contribution in [0.1, 0.15) is 27.6 Å². The number of carbonyl (C=O) groups is 2. The monoisotopic (exact) mass is 198 g/mol. The van der Waals surface area contributed by atoms with Crippen LogP contribution in [-0.2, 0) is 0 Å². The quantitative estimate of drug-likeness (QED) is 0.742. The lowest BCUT2D eigenvalue weighted by atomic mass is 10.1. The van der Waals surface area contributed by atoms with Crippen LogP contribution in [0.2, 0.25) is 5.02 Å². The normalized spacial score (nSPS) is 9.69. The van der Waals surface area contributed by atoms with Gasteiger partial charge in [-0.05, 0) is 25.1 Å². The molecule has 13 heavy (non-hydrogen) atoms. The Balaban J connectivity index is 3.20. The molecular weight excluding hydrogens is 192 g/mol. The molecule has 0 heterocycles. The van der Waals surface area contributed by atoms with Crippen LogP contribution in [0.3, 0.4) is 0 Å². The number of carboxylic acids is 1. The van der Waals surface area contributed by atoms with E-state index >= 15 is 0 Å². The molecule has 0 aliphatic rings. The molecule has 0 saturated heterocycles. The lowest BCUT2D eigenvalue weighted by Crippen LogP contribution is -1.99. The molecule has 1 N–H and O–H groups in total. The Morgan fingerprint density at radius 2 is 2.00 bits per heavy atom. The summed E-state index contributed by atoms with van der Waals surface area (Å²) in [6.45, 7) is 1.38. The lowest BCUT2D eigenvalue weighted by Gasteiger charge is -2.00. The van der Waals surface area contributed by atoms with E-state index < -0.39 is 5.97 Å². The standard InChI is InChI=1S/C9H7ClO3/c1-5(11)7-3-2-6(9(12)13)4-8(7)10/h2-4H,1H3,(H,12,13). The molecule has 1 rings (SSSR count). The first kappa shape index (κ1) is 9.74. The van der Waals surface area contributed by atoms with Crippen LogP contribution in [0.15, 0.2) is 18.2 Å². The number of benzene rings is 1. The van der Waals surface area contributed by atoms with Gasteiger partial charge in [-0.1, -0.05) is 11.6 Å². The summed E-state index contributed by atoms with van der Waals surface area (Å²) in [5.74, 6) is -1.24. The van der Waals surface area contributed by atoms with Gasteiger partial charge in [0, 0.05) is 5.56 Å². The van der Waals surface area contributed by atoms with Crippen molar-refractivity contribution in [3.05, 3.63) is 34.3 Å². The van der Waals surface area contributed by atoms with Crippen molar-refractivity contribution in [1.82, 2.24) is 0 Å². The molecule has 4 heteroatoms. The van der Waals surface area contributed by atoms with Gasteiger partial charge in [-0.2, -0.15) is 0 Å². The summed E-state index contributed by atoms with van der Waals surface area (Å²) in [6, 6.07) is 4.03. The van der Waals surface area contributed by atoms with Crippen LogP contribution < -0.4 is 0 Å². The third-order valence-electron chi connectivity index (χ3n) is 1.60. The molecule has 0 aliphatic carbocycles. The van der Waals surface area contributed by atoms with Crippen LogP contribution in [0.25, 0.3) is 0 Å². The average molecular weight is 199 g/mol. The summed E-state index contributed by atoms with van der Waals surface area (Å²) in [5.41, 5.74) is 0.418. The van der Waals surface area contributed by atoms with Gasteiger partial charge in [0.1, 0.15) is 0 Å². The molecule has 68 valence electrons. The fourth-order valence-corrected chi connectivity index (χ4v) is 1.25. The van der Waals surface area contributed by atoms with Crippen molar-refractivity contribution in [2.75, 3.05) is 0 Å². The Morgan fingerprint density at radius 3 is 2.38 bits per heavy atom. The van der Waals surface area contributed by atoms with Crippen LogP contribution in [0.5, 0.6) is 0 Å². The van der Waals surface area contributed by atoms with Crippen LogP contribution in [0, 0.1) is 0 Å². The smallest absolute Gasteiger partial charge is 0.335 e. The molecule has 0 bridgehead atoms. The summed E-state index contributed by atoms with van der Waals surface area (Å²) < 4.78 is 0. The van der Waals surface area contributed by atoms with E-state index in [-0.39, 0.29) is 16.4 Å². The first-order chi connectivity index (χ1) is 6.02. The zero-order chi connectivity index (χ0) is 10.0. The molecule has 1 aromatic carbocycles. The minimum Gasteiger partial charge on any atom is -0.478 e. The van der Waals surface area contributed by atoms with Crippen molar-refractivity contribution in [2.45, 2.75) is 6.92 Å². The van der Waals surface area contributed by atoms with E-state index in [0.717, 1.165) is 0 Å². The van der Waals surface area contributed by atoms with E-state index in [1.807, 2.05) is 0 Å². The summed E-state index contributed by atoms with van der Waals surface area (Å²) in [7, 11) is 0. The first-order valence-electron chi connectivity index (χ1n) is 3.56. The molecular formula is C9H7ClO3. The highest BCUT2D eigenvalue weighted by molar-refractivity contribution is 6.34. The Bertz CT molecular complexity index is 371. The maximum absolute atomic E-state index is 10.9. The molecule has 0 aliphatic heterocycles. The van der Waals surface area contributed by atoms with E-state index in [4.69, 9.17) is 16.7 Å². The van der Waals surface area contributed by atoms with Crippen LogP contribution in [-0.4, -0.2) is 16.9 Å². The fraction of sp³-hybridized carbons (Fsp3) is 0.111. The molecule has 0 saturated carbocycles. The van der Waals surface area contributed by atoms with E-state index in [2.05, 4.69) is 0 Å². The number of rotatable bonds is 2. The lowest BCUT2D eigenvalue weighted by molar-refractivity contribution is 0.0696. The highest BCUT2D eigenvalue weighted by Gasteiger charge is 2.09. The van der Waals surface area contributed by atoms with Crippen molar-refractivity contribution < 1.29 is 14.7 Å². The number of hydrogen-bond donors (Lipinski definition) is 1. The number of hydrogen-bond acceptors (Lipinski definition) is 2. The van der Waals surface area contributed by atoms with Crippen molar-refractivity contribution in [1.29, 1.82) is 0 Å². The van der Waals surface area contributed by atoms with E-state index in [1.54, 1.807) is 0 Å². The highest BCUT2D eigenvalue weighted by Crippen LogP contribution is 2.18. The molecule has 0 aromatic heterocycles. The Hall–Kier alpha value is -1.35. The molecule has 0 fully saturated rings. The number of Topliss-reactive ketones (excluding diaryl/α,β-unsaturated/α-hetero) is 1. The van der Waals surface area contributed by atoms with Gasteiger partial charge in [-0.15, -0.1) is 0 Å². The van der Waals surface area contributed by atoms with Crippen molar-refractivity contribution >= 4 is 23.4 Å². The summed E-state index contributed by atoms with van der Waals surface area (Å²) in [4.78, 5) is 21.4. The second-order valence-electron chi connectivity index (χ2n) is 2.56. The summed E-state index contributed by atoms with van der Waals surface area (Å²) in [6.07, 6.45) is 0.